The van der Waals surface area contributed by atoms with Crippen molar-refractivity contribution in [3.8, 4) is 0 Å². The van der Waals surface area contributed by atoms with Gasteiger partial charge in [0.2, 0.25) is 4.96 Å². The highest BCUT2D eigenvalue weighted by atomic mass is 32.1. The van der Waals surface area contributed by atoms with E-state index in [1.807, 2.05) is 0 Å². The minimum Gasteiger partial charge on any atom is -0.481 e. The number of ether oxygens (including phenoxy) is 1. The first-order valence-electron chi connectivity index (χ1n) is 6.50. The van der Waals surface area contributed by atoms with Crippen LogP contribution in [0, 0.1) is 0 Å². The van der Waals surface area contributed by atoms with E-state index in [4.69, 9.17) is 9.84 Å². The van der Waals surface area contributed by atoms with E-state index in [1.54, 1.807) is 5.51 Å². The van der Waals surface area contributed by atoms with Crippen molar-refractivity contribution in [2.45, 2.75) is 19.1 Å². The zero-order valence-corrected chi connectivity index (χ0v) is 12.0. The van der Waals surface area contributed by atoms with Gasteiger partial charge < -0.3 is 9.84 Å². The Hall–Kier alpha value is -1.84. The summed E-state index contributed by atoms with van der Waals surface area (Å²) in [6, 6.07) is 1.47. The van der Waals surface area contributed by atoms with E-state index in [1.165, 1.54) is 21.9 Å². The number of aromatic nitrogens is 3. The van der Waals surface area contributed by atoms with E-state index in [-0.39, 0.29) is 18.1 Å². The number of hydrogen-bond donors (Lipinski definition) is 1. The number of morpholine rings is 1. The Kier molecular flexibility index (Phi) is 3.95. The van der Waals surface area contributed by atoms with Crippen molar-refractivity contribution in [2.75, 3.05) is 19.7 Å². The lowest BCUT2D eigenvalue weighted by Gasteiger charge is -2.31. The SMILES string of the molecule is O=C(O)CC1CN(Cc2cc(=O)n3ncsc3n2)CCO1. The first-order valence-corrected chi connectivity index (χ1v) is 7.38. The summed E-state index contributed by atoms with van der Waals surface area (Å²) in [4.78, 5) is 29.6. The molecule has 1 aliphatic rings. The van der Waals surface area contributed by atoms with Crippen molar-refractivity contribution in [1.29, 1.82) is 0 Å². The van der Waals surface area contributed by atoms with Gasteiger partial charge in [0.15, 0.2) is 0 Å². The third-order valence-electron chi connectivity index (χ3n) is 3.25. The van der Waals surface area contributed by atoms with Crippen LogP contribution in [0.25, 0.3) is 4.96 Å². The molecule has 0 saturated carbocycles. The highest BCUT2D eigenvalue weighted by Crippen LogP contribution is 2.12. The van der Waals surface area contributed by atoms with Gasteiger partial charge in [0.1, 0.15) is 5.51 Å². The van der Waals surface area contributed by atoms with Crippen LogP contribution in [0.15, 0.2) is 16.4 Å². The molecule has 0 aromatic carbocycles. The number of nitrogens with zero attached hydrogens (tertiary/aromatic N) is 4. The zero-order chi connectivity index (χ0) is 14.8. The normalized spacial score (nSPS) is 19.9. The molecule has 1 atom stereocenters. The maximum atomic E-state index is 11.9. The standard InChI is InChI=1S/C12H14N4O4S/c17-10-3-8(14-12-16(10)13-7-21-12)5-15-1-2-20-9(6-15)4-11(18)19/h3,7,9H,1-2,4-6H2,(H,18,19). The predicted octanol–water partition coefficient (Wildman–Crippen LogP) is -0.173. The van der Waals surface area contributed by atoms with E-state index in [9.17, 15) is 9.59 Å². The van der Waals surface area contributed by atoms with Gasteiger partial charge in [-0.2, -0.15) is 9.61 Å². The molecular weight excluding hydrogens is 296 g/mol. The second-order valence-electron chi connectivity index (χ2n) is 4.84. The lowest BCUT2D eigenvalue weighted by atomic mass is 10.2. The van der Waals surface area contributed by atoms with Crippen molar-refractivity contribution in [1.82, 2.24) is 19.5 Å². The van der Waals surface area contributed by atoms with Crippen LogP contribution in [0.4, 0.5) is 0 Å². The van der Waals surface area contributed by atoms with Gasteiger partial charge in [0.05, 0.1) is 24.8 Å². The number of fused-ring (bicyclic) bond motifs is 1. The predicted molar refractivity (Wildman–Crippen MR) is 74.4 cm³/mol. The number of carbonyl (C=O) groups is 1. The Labute approximate surface area is 123 Å². The Morgan fingerprint density at radius 2 is 2.43 bits per heavy atom. The average Bonchev–Trinajstić information content (AvgIpc) is 2.87. The molecule has 2 aromatic heterocycles. The quantitative estimate of drug-likeness (QED) is 0.837. The van der Waals surface area contributed by atoms with Gasteiger partial charge in [-0.15, -0.1) is 0 Å². The van der Waals surface area contributed by atoms with Crippen LogP contribution >= 0.6 is 11.3 Å². The summed E-state index contributed by atoms with van der Waals surface area (Å²) in [5.74, 6) is -0.871. The van der Waals surface area contributed by atoms with Crippen molar-refractivity contribution in [2.24, 2.45) is 0 Å². The molecule has 1 unspecified atom stereocenters. The fourth-order valence-corrected chi connectivity index (χ4v) is 3.00. The molecule has 1 saturated heterocycles. The number of aliphatic carboxylic acids is 1. The van der Waals surface area contributed by atoms with Gasteiger partial charge in [0.25, 0.3) is 5.56 Å². The number of carboxylic acid groups (broad SMARTS) is 1. The van der Waals surface area contributed by atoms with E-state index < -0.39 is 5.97 Å². The summed E-state index contributed by atoms with van der Waals surface area (Å²) >= 11 is 1.31. The molecule has 1 N–H and O–H groups in total. The lowest BCUT2D eigenvalue weighted by molar-refractivity contribution is -0.142. The second kappa shape index (κ2) is 5.88. The first kappa shape index (κ1) is 14.1. The third kappa shape index (κ3) is 3.26. The molecular formula is C12H14N4O4S. The summed E-state index contributed by atoms with van der Waals surface area (Å²) in [5.41, 5.74) is 2.04. The van der Waals surface area contributed by atoms with Crippen molar-refractivity contribution >= 4 is 22.3 Å². The van der Waals surface area contributed by atoms with E-state index >= 15 is 0 Å². The maximum Gasteiger partial charge on any atom is 0.306 e. The third-order valence-corrected chi connectivity index (χ3v) is 3.93. The summed E-state index contributed by atoms with van der Waals surface area (Å²) in [6.45, 7) is 2.21. The molecule has 0 bridgehead atoms. The van der Waals surface area contributed by atoms with E-state index in [0.29, 0.717) is 36.9 Å². The molecule has 8 nitrogen and oxygen atoms in total. The topological polar surface area (TPSA) is 97.0 Å². The van der Waals surface area contributed by atoms with Crippen molar-refractivity contribution < 1.29 is 14.6 Å². The fourth-order valence-electron chi connectivity index (χ4n) is 2.35. The Morgan fingerprint density at radius 3 is 3.24 bits per heavy atom. The highest BCUT2D eigenvalue weighted by molar-refractivity contribution is 7.14. The van der Waals surface area contributed by atoms with Crippen LogP contribution in [0.3, 0.4) is 0 Å². The molecule has 0 spiro atoms. The average molecular weight is 310 g/mol. The number of rotatable bonds is 4. The molecule has 0 aliphatic carbocycles. The molecule has 0 amide bonds. The van der Waals surface area contributed by atoms with Crippen LogP contribution in [0.5, 0.6) is 0 Å². The smallest absolute Gasteiger partial charge is 0.306 e. The van der Waals surface area contributed by atoms with Gasteiger partial charge in [-0.3, -0.25) is 14.5 Å². The summed E-state index contributed by atoms with van der Waals surface area (Å²) in [7, 11) is 0. The van der Waals surface area contributed by atoms with Gasteiger partial charge in [-0.05, 0) is 0 Å². The van der Waals surface area contributed by atoms with Gasteiger partial charge in [0, 0.05) is 25.7 Å². The zero-order valence-electron chi connectivity index (χ0n) is 11.1. The summed E-state index contributed by atoms with van der Waals surface area (Å²) in [6.07, 6.45) is -0.329. The van der Waals surface area contributed by atoms with E-state index in [0.717, 1.165) is 0 Å². The molecule has 2 aromatic rings. The van der Waals surface area contributed by atoms with Crippen LogP contribution < -0.4 is 5.56 Å². The number of hydrogen-bond acceptors (Lipinski definition) is 7. The van der Waals surface area contributed by atoms with Gasteiger partial charge in [-0.1, -0.05) is 11.3 Å². The van der Waals surface area contributed by atoms with Crippen LogP contribution in [0.2, 0.25) is 0 Å². The van der Waals surface area contributed by atoms with Crippen LogP contribution in [-0.2, 0) is 16.1 Å². The highest BCUT2D eigenvalue weighted by Gasteiger charge is 2.23. The molecule has 21 heavy (non-hydrogen) atoms. The molecule has 3 heterocycles. The molecule has 9 heteroatoms. The molecule has 3 rings (SSSR count). The Morgan fingerprint density at radius 1 is 1.57 bits per heavy atom. The monoisotopic (exact) mass is 310 g/mol. The van der Waals surface area contributed by atoms with Crippen LogP contribution in [-0.4, -0.2) is 56.4 Å². The number of carboxylic acids is 1. The van der Waals surface area contributed by atoms with Gasteiger partial charge >= 0.3 is 5.97 Å². The molecule has 1 aliphatic heterocycles. The Balaban J connectivity index is 1.72. The Bertz CT molecular complexity index is 713. The molecule has 1 fully saturated rings. The lowest BCUT2D eigenvalue weighted by Crippen LogP contribution is -2.43. The van der Waals surface area contributed by atoms with Crippen LogP contribution in [0.1, 0.15) is 12.1 Å². The van der Waals surface area contributed by atoms with Crippen molar-refractivity contribution in [3.05, 3.63) is 27.6 Å². The minimum absolute atomic E-state index is 0.0134. The molecule has 112 valence electrons. The van der Waals surface area contributed by atoms with E-state index in [2.05, 4.69) is 15.0 Å². The second-order valence-corrected chi connectivity index (χ2v) is 5.66. The van der Waals surface area contributed by atoms with Crippen molar-refractivity contribution in [3.63, 3.8) is 0 Å². The first-order chi connectivity index (χ1) is 10.1. The fraction of sp³-hybridized carbons (Fsp3) is 0.500. The molecule has 0 radical (unpaired) electrons. The summed E-state index contributed by atoms with van der Waals surface area (Å²) < 4.78 is 6.69. The summed E-state index contributed by atoms with van der Waals surface area (Å²) in [5, 5.41) is 12.7. The minimum atomic E-state index is -0.871. The largest absolute Gasteiger partial charge is 0.481 e. The maximum absolute atomic E-state index is 11.9. The van der Waals surface area contributed by atoms with Gasteiger partial charge in [-0.25, -0.2) is 4.98 Å².